The minimum atomic E-state index is -0.712. The fraction of sp³-hybridized carbons (Fsp3) is 0.500. The fourth-order valence-corrected chi connectivity index (χ4v) is 5.77. The monoisotopic (exact) mass is 520 g/mol. The average Bonchev–Trinajstić information content (AvgIpc) is 3.00. The quantitative estimate of drug-likeness (QED) is 0.181. The number of carbonyl (C=O) groups is 3. The molecule has 2 fully saturated rings. The Morgan fingerprint density at radius 3 is 2.68 bits per heavy atom. The third-order valence-corrected chi connectivity index (χ3v) is 8.31. The molecule has 2 amide bonds. The summed E-state index contributed by atoms with van der Waals surface area (Å²) in [5.74, 6) is -0.600. The first kappa shape index (κ1) is 21.2. The minimum absolute atomic E-state index is 0.166. The predicted octanol–water partition coefficient (Wildman–Crippen LogP) is 1.17. The number of alkyl halides is 1. The molecule has 0 saturated carbocycles. The van der Waals surface area contributed by atoms with Gasteiger partial charge in [-0.05, 0) is 19.1 Å². The molecule has 0 spiro atoms. The van der Waals surface area contributed by atoms with Crippen LogP contribution in [0.1, 0.15) is 6.92 Å². The molecular weight excluding hydrogens is 499 g/mol. The molecule has 0 radical (unpaired) electrons. The van der Waals surface area contributed by atoms with Crippen molar-refractivity contribution in [2.24, 2.45) is 0 Å². The van der Waals surface area contributed by atoms with Crippen molar-refractivity contribution >= 4 is 52.1 Å². The molecule has 0 bridgehead atoms. The van der Waals surface area contributed by atoms with Crippen LogP contribution in [0.3, 0.4) is 0 Å². The van der Waals surface area contributed by atoms with E-state index in [2.05, 4.69) is 27.9 Å². The van der Waals surface area contributed by atoms with Crippen molar-refractivity contribution in [2.45, 2.75) is 29.1 Å². The maximum atomic E-state index is 12.7. The summed E-state index contributed by atoms with van der Waals surface area (Å²) in [6, 6.07) is 7.57. The van der Waals surface area contributed by atoms with Gasteiger partial charge in [-0.2, -0.15) is 0 Å². The molecular formula is C18H21IN2O6S. The van der Waals surface area contributed by atoms with Gasteiger partial charge in [-0.15, -0.1) is 11.8 Å². The van der Waals surface area contributed by atoms with E-state index in [1.165, 1.54) is 23.8 Å². The van der Waals surface area contributed by atoms with E-state index in [-0.39, 0.29) is 30.6 Å². The lowest BCUT2D eigenvalue weighted by Crippen LogP contribution is -2.71. The lowest BCUT2D eigenvalue weighted by molar-refractivity contribution is -0.170. The van der Waals surface area contributed by atoms with Gasteiger partial charge < -0.3 is 24.4 Å². The van der Waals surface area contributed by atoms with E-state index in [4.69, 9.17) is 14.2 Å². The zero-order chi connectivity index (χ0) is 20.3. The molecule has 1 aromatic carbocycles. The van der Waals surface area contributed by atoms with Crippen LogP contribution in [0.2, 0.25) is 0 Å². The van der Waals surface area contributed by atoms with Gasteiger partial charge in [0, 0.05) is 11.5 Å². The SMILES string of the molecule is COCOC(=O)C1N2C(=O)C(NC(=O)COc3ccccc3)[C@H]2SC1(C)CI. The zero-order valence-corrected chi connectivity index (χ0v) is 18.4. The highest BCUT2D eigenvalue weighted by molar-refractivity contribution is 14.1. The highest BCUT2D eigenvalue weighted by Crippen LogP contribution is 2.52. The van der Waals surface area contributed by atoms with Crippen molar-refractivity contribution in [1.82, 2.24) is 10.2 Å². The van der Waals surface area contributed by atoms with Gasteiger partial charge in [0.1, 0.15) is 23.2 Å². The molecule has 0 aliphatic carbocycles. The average molecular weight is 520 g/mol. The van der Waals surface area contributed by atoms with E-state index >= 15 is 0 Å². The van der Waals surface area contributed by atoms with Gasteiger partial charge in [0.2, 0.25) is 5.91 Å². The van der Waals surface area contributed by atoms with Crippen LogP contribution in [0.5, 0.6) is 5.75 Å². The summed E-state index contributed by atoms with van der Waals surface area (Å²) in [6.45, 7) is 1.57. The number of rotatable bonds is 8. The highest BCUT2D eigenvalue weighted by Gasteiger charge is 2.65. The summed E-state index contributed by atoms with van der Waals surface area (Å²) < 4.78 is 15.4. The van der Waals surface area contributed by atoms with Gasteiger partial charge in [-0.1, -0.05) is 40.8 Å². The molecule has 1 aromatic rings. The topological polar surface area (TPSA) is 94.2 Å². The Labute approximate surface area is 180 Å². The molecule has 2 heterocycles. The largest absolute Gasteiger partial charge is 0.484 e. The molecule has 2 aliphatic heterocycles. The van der Waals surface area contributed by atoms with Crippen molar-refractivity contribution in [2.75, 3.05) is 24.9 Å². The normalized spacial score (nSPS) is 28.3. The lowest BCUT2D eigenvalue weighted by Gasteiger charge is -2.43. The Bertz CT molecular complexity index is 751. The molecule has 28 heavy (non-hydrogen) atoms. The Balaban J connectivity index is 1.61. The summed E-state index contributed by atoms with van der Waals surface area (Å²) in [4.78, 5) is 38.9. The van der Waals surface area contributed by atoms with Crippen LogP contribution in [0.15, 0.2) is 30.3 Å². The Kier molecular flexibility index (Phi) is 6.71. The Morgan fingerprint density at radius 2 is 2.04 bits per heavy atom. The van der Waals surface area contributed by atoms with Gasteiger partial charge in [0.05, 0.1) is 4.75 Å². The summed E-state index contributed by atoms with van der Waals surface area (Å²) in [5, 5.41) is 2.41. The minimum Gasteiger partial charge on any atom is -0.484 e. The summed E-state index contributed by atoms with van der Waals surface area (Å²) in [7, 11) is 1.43. The second-order valence-electron chi connectivity index (χ2n) is 6.62. The molecule has 3 unspecified atom stereocenters. The van der Waals surface area contributed by atoms with Crippen molar-refractivity contribution in [3.63, 3.8) is 0 Å². The molecule has 0 aromatic heterocycles. The molecule has 10 heteroatoms. The first-order chi connectivity index (χ1) is 13.4. The number of carbonyl (C=O) groups excluding carboxylic acids is 3. The number of hydrogen-bond acceptors (Lipinski definition) is 7. The number of esters is 1. The molecule has 1 N–H and O–H groups in total. The third-order valence-electron chi connectivity index (χ3n) is 4.56. The van der Waals surface area contributed by atoms with E-state index in [0.717, 1.165) is 0 Å². The summed E-state index contributed by atoms with van der Waals surface area (Å²) in [5.41, 5.74) is 0. The maximum absolute atomic E-state index is 12.7. The van der Waals surface area contributed by atoms with E-state index in [0.29, 0.717) is 10.2 Å². The number of ether oxygens (including phenoxy) is 3. The van der Waals surface area contributed by atoms with Crippen LogP contribution in [-0.2, 0) is 23.9 Å². The summed E-state index contributed by atoms with van der Waals surface area (Å²) >= 11 is 3.70. The number of nitrogens with zero attached hydrogens (tertiary/aromatic N) is 1. The number of amides is 2. The van der Waals surface area contributed by atoms with E-state index < -0.39 is 22.8 Å². The number of β-lactam (4-membered cyclic amide) rings is 1. The van der Waals surface area contributed by atoms with Crippen LogP contribution < -0.4 is 10.1 Å². The van der Waals surface area contributed by atoms with Crippen LogP contribution >= 0.6 is 34.4 Å². The standard InChI is InChI=1S/C18H21IN2O6S/c1-18(9-19)14(17(24)27-10-25-2)21-15(23)13(16(21)28-18)20-12(22)8-26-11-6-4-3-5-7-11/h3-7,13-14,16H,8-10H2,1-2H3,(H,20,22)/t13?,14?,16-,18?/m1/s1. The van der Waals surface area contributed by atoms with Gasteiger partial charge in [0.25, 0.3) is 5.91 Å². The first-order valence-corrected chi connectivity index (χ1v) is 11.0. The number of para-hydroxylation sites is 1. The molecule has 8 nitrogen and oxygen atoms in total. The van der Waals surface area contributed by atoms with E-state index in [1.807, 2.05) is 25.1 Å². The van der Waals surface area contributed by atoms with Gasteiger partial charge in [-0.25, -0.2) is 4.79 Å². The Hall–Kier alpha value is -1.53. The maximum Gasteiger partial charge on any atom is 0.332 e. The molecule has 2 aliphatic rings. The third kappa shape index (κ3) is 4.08. The van der Waals surface area contributed by atoms with Crippen LogP contribution in [0.4, 0.5) is 0 Å². The predicted molar refractivity (Wildman–Crippen MR) is 111 cm³/mol. The van der Waals surface area contributed by atoms with Crippen molar-refractivity contribution in [3.8, 4) is 5.75 Å². The molecule has 2 saturated heterocycles. The zero-order valence-electron chi connectivity index (χ0n) is 15.4. The molecule has 152 valence electrons. The van der Waals surface area contributed by atoms with Crippen LogP contribution in [-0.4, -0.2) is 69.8 Å². The smallest absolute Gasteiger partial charge is 0.332 e. The van der Waals surface area contributed by atoms with Gasteiger partial charge in [0.15, 0.2) is 13.4 Å². The van der Waals surface area contributed by atoms with Crippen molar-refractivity contribution in [1.29, 1.82) is 0 Å². The van der Waals surface area contributed by atoms with E-state index in [1.54, 1.807) is 12.1 Å². The number of hydrogen-bond donors (Lipinski definition) is 1. The summed E-state index contributed by atoms with van der Waals surface area (Å²) in [6.07, 6.45) is 0. The second-order valence-corrected chi connectivity index (χ2v) is 9.03. The number of halogens is 1. The highest BCUT2D eigenvalue weighted by atomic mass is 127. The first-order valence-electron chi connectivity index (χ1n) is 8.60. The number of fused-ring (bicyclic) bond motifs is 1. The van der Waals surface area contributed by atoms with Gasteiger partial charge in [-0.3, -0.25) is 9.59 Å². The van der Waals surface area contributed by atoms with Gasteiger partial charge >= 0.3 is 5.97 Å². The Morgan fingerprint density at radius 1 is 1.32 bits per heavy atom. The van der Waals surface area contributed by atoms with Crippen molar-refractivity contribution in [3.05, 3.63) is 30.3 Å². The molecule has 3 rings (SSSR count). The number of methoxy groups -OCH3 is 1. The van der Waals surface area contributed by atoms with Crippen LogP contribution in [0.25, 0.3) is 0 Å². The number of nitrogens with one attached hydrogen (secondary N) is 1. The van der Waals surface area contributed by atoms with Crippen molar-refractivity contribution < 1.29 is 28.6 Å². The van der Waals surface area contributed by atoms with E-state index in [9.17, 15) is 14.4 Å². The van der Waals surface area contributed by atoms with Crippen LogP contribution in [0, 0.1) is 0 Å². The molecule has 4 atom stereocenters. The number of thioether (sulfide) groups is 1. The number of benzene rings is 1. The fourth-order valence-electron chi connectivity index (χ4n) is 3.20. The lowest BCUT2D eigenvalue weighted by atomic mass is 9.96. The second kappa shape index (κ2) is 8.87.